The molecule has 0 saturated carbocycles. The third kappa shape index (κ3) is 5.33. The summed E-state index contributed by atoms with van der Waals surface area (Å²) in [4.78, 5) is 1.28. The Kier molecular flexibility index (Phi) is 6.77. The van der Waals surface area contributed by atoms with Crippen LogP contribution in [0.25, 0.3) is 0 Å². The normalized spacial score (nSPS) is 13.8. The van der Waals surface area contributed by atoms with E-state index in [1.165, 1.54) is 10.5 Å². The zero-order valence-electron chi connectivity index (χ0n) is 12.9. The first-order valence-corrected chi connectivity index (χ1v) is 8.98. The largest absolute Gasteiger partial charge is 0.387 e. The van der Waals surface area contributed by atoms with E-state index >= 15 is 0 Å². The Morgan fingerprint density at radius 2 is 1.91 bits per heavy atom. The lowest BCUT2D eigenvalue weighted by Gasteiger charge is -2.18. The molecule has 0 aliphatic heterocycles. The Balaban J connectivity index is 1.82. The minimum atomic E-state index is -0.542. The van der Waals surface area contributed by atoms with Gasteiger partial charge in [-0.1, -0.05) is 35.9 Å². The average Bonchev–Trinajstić information content (AvgIpc) is 2.53. The van der Waals surface area contributed by atoms with E-state index in [4.69, 9.17) is 11.6 Å². The minimum absolute atomic E-state index is 0.300. The zero-order valence-corrected chi connectivity index (χ0v) is 14.5. The Hall–Kier alpha value is -1.00. The lowest BCUT2D eigenvalue weighted by atomic mass is 10.1. The molecule has 4 heteroatoms. The van der Waals surface area contributed by atoms with Gasteiger partial charge < -0.3 is 10.4 Å². The second-order valence-corrected chi connectivity index (χ2v) is 6.75. The molecular formula is C18H22ClNOS. The molecule has 0 bridgehead atoms. The van der Waals surface area contributed by atoms with Crippen LogP contribution in [0.2, 0.25) is 5.02 Å². The summed E-state index contributed by atoms with van der Waals surface area (Å²) in [6.07, 6.45) is 2.48. The highest BCUT2D eigenvalue weighted by Gasteiger charge is 2.10. The lowest BCUT2D eigenvalue weighted by molar-refractivity contribution is 0.170. The molecule has 2 N–H and O–H groups in total. The van der Waals surface area contributed by atoms with Gasteiger partial charge in [-0.05, 0) is 55.0 Å². The van der Waals surface area contributed by atoms with Gasteiger partial charge in [-0.15, -0.1) is 11.8 Å². The van der Waals surface area contributed by atoms with E-state index in [2.05, 4.69) is 42.8 Å². The molecule has 118 valence electrons. The second kappa shape index (κ2) is 8.59. The first kappa shape index (κ1) is 17.4. The molecule has 0 saturated heterocycles. The van der Waals surface area contributed by atoms with Gasteiger partial charge in [0.25, 0.3) is 0 Å². The molecule has 2 unspecified atom stereocenters. The first-order chi connectivity index (χ1) is 10.6. The van der Waals surface area contributed by atoms with Gasteiger partial charge in [0.15, 0.2) is 0 Å². The predicted octanol–water partition coefficient (Wildman–Crippen LogP) is 4.32. The monoisotopic (exact) mass is 335 g/mol. The van der Waals surface area contributed by atoms with E-state index in [0.29, 0.717) is 17.6 Å². The lowest BCUT2D eigenvalue weighted by Crippen LogP contribution is -2.32. The van der Waals surface area contributed by atoms with Crippen LogP contribution in [0, 0.1) is 0 Å². The third-order valence-electron chi connectivity index (χ3n) is 3.59. The van der Waals surface area contributed by atoms with Gasteiger partial charge in [0.05, 0.1) is 6.10 Å². The third-order valence-corrected chi connectivity index (χ3v) is 4.57. The summed E-state index contributed by atoms with van der Waals surface area (Å²) >= 11 is 7.70. The highest BCUT2D eigenvalue weighted by atomic mass is 35.5. The summed E-state index contributed by atoms with van der Waals surface area (Å²) in [6, 6.07) is 16.3. The number of nitrogens with one attached hydrogen (secondary N) is 1. The van der Waals surface area contributed by atoms with Crippen molar-refractivity contribution in [2.24, 2.45) is 0 Å². The van der Waals surface area contributed by atoms with Gasteiger partial charge in [-0.3, -0.25) is 0 Å². The van der Waals surface area contributed by atoms with Gasteiger partial charge in [-0.25, -0.2) is 0 Å². The van der Waals surface area contributed by atoms with Crippen LogP contribution in [-0.2, 0) is 6.42 Å². The van der Waals surface area contributed by atoms with Crippen molar-refractivity contribution in [3.8, 4) is 0 Å². The van der Waals surface area contributed by atoms with E-state index in [9.17, 15) is 5.11 Å². The number of aliphatic hydroxyl groups is 1. The standard InChI is InChI=1S/C18H22ClNOS/c1-13(10-14-6-8-17(22-2)9-7-14)20-12-18(21)15-4-3-5-16(19)11-15/h3-9,11,13,18,20-21H,10,12H2,1-2H3. The summed E-state index contributed by atoms with van der Waals surface area (Å²) in [5, 5.41) is 14.2. The quantitative estimate of drug-likeness (QED) is 0.739. The van der Waals surface area contributed by atoms with E-state index in [0.717, 1.165) is 12.0 Å². The van der Waals surface area contributed by atoms with Gasteiger partial charge in [0.2, 0.25) is 0 Å². The molecule has 2 rings (SSSR count). The molecule has 0 aliphatic carbocycles. The predicted molar refractivity (Wildman–Crippen MR) is 95.8 cm³/mol. The van der Waals surface area contributed by atoms with Crippen molar-refractivity contribution < 1.29 is 5.11 Å². The van der Waals surface area contributed by atoms with E-state index < -0.39 is 6.10 Å². The maximum Gasteiger partial charge on any atom is 0.0914 e. The molecule has 0 amide bonds. The molecule has 0 aromatic heterocycles. The molecule has 0 heterocycles. The Morgan fingerprint density at radius 1 is 1.18 bits per heavy atom. The number of benzene rings is 2. The number of hydrogen-bond donors (Lipinski definition) is 2. The Labute approximate surface area is 141 Å². The fraction of sp³-hybridized carbons (Fsp3) is 0.333. The zero-order chi connectivity index (χ0) is 15.9. The highest BCUT2D eigenvalue weighted by molar-refractivity contribution is 7.98. The molecule has 22 heavy (non-hydrogen) atoms. The van der Waals surface area contributed by atoms with Crippen LogP contribution in [0.3, 0.4) is 0 Å². The summed E-state index contributed by atoms with van der Waals surface area (Å²) < 4.78 is 0. The molecular weight excluding hydrogens is 314 g/mol. The van der Waals surface area contributed by atoms with Crippen LogP contribution < -0.4 is 5.32 Å². The van der Waals surface area contributed by atoms with E-state index in [1.807, 2.05) is 18.2 Å². The first-order valence-electron chi connectivity index (χ1n) is 7.38. The van der Waals surface area contributed by atoms with Crippen LogP contribution in [-0.4, -0.2) is 23.9 Å². The van der Waals surface area contributed by atoms with Gasteiger partial charge >= 0.3 is 0 Å². The fourth-order valence-corrected chi connectivity index (χ4v) is 2.94. The molecule has 0 fully saturated rings. The fourth-order valence-electron chi connectivity index (χ4n) is 2.33. The molecule has 0 aliphatic rings. The van der Waals surface area contributed by atoms with Crippen molar-refractivity contribution in [3.05, 3.63) is 64.7 Å². The number of halogens is 1. The Bertz CT molecular complexity index is 588. The Morgan fingerprint density at radius 3 is 2.55 bits per heavy atom. The van der Waals surface area contributed by atoms with Crippen LogP contribution in [0.5, 0.6) is 0 Å². The maximum absolute atomic E-state index is 10.2. The van der Waals surface area contributed by atoms with Crippen molar-refractivity contribution in [3.63, 3.8) is 0 Å². The van der Waals surface area contributed by atoms with Crippen LogP contribution in [0.4, 0.5) is 0 Å². The van der Waals surface area contributed by atoms with Crippen LogP contribution in [0.15, 0.2) is 53.4 Å². The SMILES string of the molecule is CSc1ccc(CC(C)NCC(O)c2cccc(Cl)c2)cc1. The second-order valence-electron chi connectivity index (χ2n) is 5.43. The molecule has 2 atom stereocenters. The van der Waals surface area contributed by atoms with Crippen LogP contribution >= 0.6 is 23.4 Å². The van der Waals surface area contributed by atoms with Crippen molar-refractivity contribution in [2.45, 2.75) is 30.4 Å². The van der Waals surface area contributed by atoms with Crippen molar-refractivity contribution in [1.29, 1.82) is 0 Å². The smallest absolute Gasteiger partial charge is 0.0914 e. The summed E-state index contributed by atoms with van der Waals surface area (Å²) in [7, 11) is 0. The van der Waals surface area contributed by atoms with Crippen molar-refractivity contribution >= 4 is 23.4 Å². The minimum Gasteiger partial charge on any atom is -0.387 e. The van der Waals surface area contributed by atoms with E-state index in [1.54, 1.807) is 17.8 Å². The van der Waals surface area contributed by atoms with Gasteiger partial charge in [0.1, 0.15) is 0 Å². The highest BCUT2D eigenvalue weighted by Crippen LogP contribution is 2.18. The number of thioether (sulfide) groups is 1. The van der Waals surface area contributed by atoms with Gasteiger partial charge in [-0.2, -0.15) is 0 Å². The molecule has 2 aromatic carbocycles. The maximum atomic E-state index is 10.2. The number of rotatable bonds is 7. The van der Waals surface area contributed by atoms with Crippen molar-refractivity contribution in [2.75, 3.05) is 12.8 Å². The molecule has 2 aromatic rings. The summed E-state index contributed by atoms with van der Waals surface area (Å²) in [5.74, 6) is 0. The summed E-state index contributed by atoms with van der Waals surface area (Å²) in [6.45, 7) is 2.65. The van der Waals surface area contributed by atoms with Crippen molar-refractivity contribution in [1.82, 2.24) is 5.32 Å². The van der Waals surface area contributed by atoms with Gasteiger partial charge in [0, 0.05) is 22.5 Å². The topological polar surface area (TPSA) is 32.3 Å². The van der Waals surface area contributed by atoms with Crippen LogP contribution in [0.1, 0.15) is 24.2 Å². The molecule has 2 nitrogen and oxygen atoms in total. The number of hydrogen-bond acceptors (Lipinski definition) is 3. The average molecular weight is 336 g/mol. The number of aliphatic hydroxyl groups excluding tert-OH is 1. The molecule has 0 radical (unpaired) electrons. The summed E-state index contributed by atoms with van der Waals surface area (Å²) in [5.41, 5.74) is 2.14. The molecule has 0 spiro atoms. The van der Waals surface area contributed by atoms with E-state index in [-0.39, 0.29) is 0 Å².